The number of benzene rings is 2. The van der Waals surface area contributed by atoms with Crippen molar-refractivity contribution in [3.05, 3.63) is 65.7 Å². The average Bonchev–Trinajstić information content (AvgIpc) is 2.59. The lowest BCUT2D eigenvalue weighted by Gasteiger charge is -2.21. The SMILES string of the molecule is CN(C=O)CCC(Oc1ccc(CF)cc1)c1ccccc1. The summed E-state index contributed by atoms with van der Waals surface area (Å²) in [6, 6.07) is 16.9. The van der Waals surface area contributed by atoms with Gasteiger partial charge in [-0.15, -0.1) is 0 Å². The van der Waals surface area contributed by atoms with E-state index in [9.17, 15) is 9.18 Å². The van der Waals surface area contributed by atoms with Crippen LogP contribution in [-0.4, -0.2) is 24.9 Å². The molecule has 0 N–H and O–H groups in total. The zero-order valence-electron chi connectivity index (χ0n) is 12.6. The fourth-order valence-corrected chi connectivity index (χ4v) is 2.16. The fraction of sp³-hybridized carbons (Fsp3) is 0.278. The van der Waals surface area contributed by atoms with E-state index in [1.54, 1.807) is 36.2 Å². The quantitative estimate of drug-likeness (QED) is 0.695. The standard InChI is InChI=1S/C18H20FNO2/c1-20(14-21)12-11-18(16-5-3-2-4-6-16)22-17-9-7-15(13-19)8-10-17/h2-10,14,18H,11-13H2,1H3. The summed E-state index contributed by atoms with van der Waals surface area (Å²) in [4.78, 5) is 12.3. The molecule has 2 aromatic rings. The predicted molar refractivity (Wildman–Crippen MR) is 84.4 cm³/mol. The molecule has 0 fully saturated rings. The van der Waals surface area contributed by atoms with Crippen LogP contribution >= 0.6 is 0 Å². The van der Waals surface area contributed by atoms with Gasteiger partial charge in [0, 0.05) is 20.0 Å². The summed E-state index contributed by atoms with van der Waals surface area (Å²) in [6.45, 7) is 0.123. The number of hydrogen-bond acceptors (Lipinski definition) is 2. The van der Waals surface area contributed by atoms with Gasteiger partial charge in [0.05, 0.1) is 0 Å². The number of rotatable bonds is 8. The van der Waals surface area contributed by atoms with Crippen molar-refractivity contribution in [2.75, 3.05) is 13.6 Å². The highest BCUT2D eigenvalue weighted by Crippen LogP contribution is 2.25. The monoisotopic (exact) mass is 301 g/mol. The molecule has 0 radical (unpaired) electrons. The first-order chi connectivity index (χ1) is 10.7. The lowest BCUT2D eigenvalue weighted by Crippen LogP contribution is -2.21. The molecule has 0 spiro atoms. The normalized spacial score (nSPS) is 11.7. The van der Waals surface area contributed by atoms with E-state index in [4.69, 9.17) is 4.74 Å². The van der Waals surface area contributed by atoms with Crippen molar-refractivity contribution in [1.82, 2.24) is 4.90 Å². The van der Waals surface area contributed by atoms with Gasteiger partial charge in [0.1, 0.15) is 18.5 Å². The van der Waals surface area contributed by atoms with Crippen LogP contribution in [0.15, 0.2) is 54.6 Å². The van der Waals surface area contributed by atoms with E-state index >= 15 is 0 Å². The molecule has 0 aliphatic rings. The van der Waals surface area contributed by atoms with Gasteiger partial charge in [0.2, 0.25) is 6.41 Å². The summed E-state index contributed by atoms with van der Waals surface area (Å²) >= 11 is 0. The number of halogens is 1. The lowest BCUT2D eigenvalue weighted by molar-refractivity contribution is -0.117. The van der Waals surface area contributed by atoms with Crippen molar-refractivity contribution in [1.29, 1.82) is 0 Å². The third kappa shape index (κ3) is 4.58. The Bertz CT molecular complexity index is 571. The van der Waals surface area contributed by atoms with E-state index in [0.717, 1.165) is 12.0 Å². The van der Waals surface area contributed by atoms with E-state index in [1.807, 2.05) is 30.3 Å². The third-order valence-corrected chi connectivity index (χ3v) is 3.45. The van der Waals surface area contributed by atoms with E-state index in [2.05, 4.69) is 0 Å². The van der Waals surface area contributed by atoms with Gasteiger partial charge in [-0.3, -0.25) is 4.79 Å². The van der Waals surface area contributed by atoms with Gasteiger partial charge < -0.3 is 9.64 Å². The molecule has 4 heteroatoms. The summed E-state index contributed by atoms with van der Waals surface area (Å²) in [5.74, 6) is 0.694. The summed E-state index contributed by atoms with van der Waals surface area (Å²) in [7, 11) is 1.74. The van der Waals surface area contributed by atoms with E-state index in [-0.39, 0.29) is 6.10 Å². The predicted octanol–water partition coefficient (Wildman–Crippen LogP) is 3.75. The molecule has 0 aliphatic heterocycles. The highest BCUT2D eigenvalue weighted by molar-refractivity contribution is 5.46. The first-order valence-corrected chi connectivity index (χ1v) is 7.25. The van der Waals surface area contributed by atoms with Gasteiger partial charge in [0.25, 0.3) is 0 Å². The highest BCUT2D eigenvalue weighted by Gasteiger charge is 2.14. The molecule has 1 amide bonds. The van der Waals surface area contributed by atoms with Crippen LogP contribution in [0.4, 0.5) is 4.39 Å². The van der Waals surface area contributed by atoms with Crippen molar-refractivity contribution in [3.8, 4) is 5.75 Å². The Morgan fingerprint density at radius 3 is 2.41 bits per heavy atom. The van der Waals surface area contributed by atoms with Crippen LogP contribution in [-0.2, 0) is 11.5 Å². The molecule has 0 saturated carbocycles. The highest BCUT2D eigenvalue weighted by atomic mass is 19.1. The molecule has 1 unspecified atom stereocenters. The number of carbonyl (C=O) groups excluding carboxylic acids is 1. The first-order valence-electron chi connectivity index (χ1n) is 7.25. The molecule has 3 nitrogen and oxygen atoms in total. The van der Waals surface area contributed by atoms with Crippen LogP contribution < -0.4 is 4.74 Å². The summed E-state index contributed by atoms with van der Waals surface area (Å²) in [5.41, 5.74) is 1.68. The lowest BCUT2D eigenvalue weighted by atomic mass is 10.1. The molecule has 0 saturated heterocycles. The van der Waals surface area contributed by atoms with Crippen molar-refractivity contribution in [2.45, 2.75) is 19.2 Å². The van der Waals surface area contributed by atoms with Crippen molar-refractivity contribution in [2.24, 2.45) is 0 Å². The molecular formula is C18H20FNO2. The van der Waals surface area contributed by atoms with E-state index in [0.29, 0.717) is 24.3 Å². The first kappa shape index (κ1) is 16.0. The summed E-state index contributed by atoms with van der Waals surface area (Å²) in [5, 5.41) is 0. The Balaban J connectivity index is 2.10. The minimum atomic E-state index is -0.480. The molecule has 0 heterocycles. The smallest absolute Gasteiger partial charge is 0.209 e. The van der Waals surface area contributed by atoms with Crippen LogP contribution in [0.3, 0.4) is 0 Å². The molecule has 2 aromatic carbocycles. The second-order valence-electron chi connectivity index (χ2n) is 5.17. The minimum absolute atomic E-state index is 0.153. The maximum atomic E-state index is 12.6. The Kier molecular flexibility index (Phi) is 5.95. The van der Waals surface area contributed by atoms with Crippen molar-refractivity contribution < 1.29 is 13.9 Å². The van der Waals surface area contributed by atoms with Gasteiger partial charge in [-0.2, -0.15) is 0 Å². The number of amides is 1. The molecule has 0 aliphatic carbocycles. The third-order valence-electron chi connectivity index (χ3n) is 3.45. The van der Waals surface area contributed by atoms with Gasteiger partial charge in [-0.1, -0.05) is 42.5 Å². The summed E-state index contributed by atoms with van der Waals surface area (Å²) < 4.78 is 18.6. The van der Waals surface area contributed by atoms with Crippen LogP contribution in [0, 0.1) is 0 Å². The number of nitrogens with zero attached hydrogens (tertiary/aromatic N) is 1. The van der Waals surface area contributed by atoms with Crippen molar-refractivity contribution >= 4 is 6.41 Å². The Morgan fingerprint density at radius 2 is 1.82 bits per heavy atom. The number of ether oxygens (including phenoxy) is 1. The largest absolute Gasteiger partial charge is 0.486 e. The van der Waals surface area contributed by atoms with Crippen LogP contribution in [0.1, 0.15) is 23.7 Å². The average molecular weight is 301 g/mol. The molecular weight excluding hydrogens is 281 g/mol. The number of carbonyl (C=O) groups is 1. The van der Waals surface area contributed by atoms with Crippen molar-refractivity contribution in [3.63, 3.8) is 0 Å². The molecule has 116 valence electrons. The molecule has 0 bridgehead atoms. The zero-order chi connectivity index (χ0) is 15.8. The topological polar surface area (TPSA) is 29.5 Å². The Hall–Kier alpha value is -2.36. The van der Waals surface area contributed by atoms with Gasteiger partial charge >= 0.3 is 0 Å². The zero-order valence-corrected chi connectivity index (χ0v) is 12.6. The van der Waals surface area contributed by atoms with E-state index < -0.39 is 6.67 Å². The van der Waals surface area contributed by atoms with Crippen LogP contribution in [0.5, 0.6) is 5.75 Å². The second-order valence-corrected chi connectivity index (χ2v) is 5.17. The maximum absolute atomic E-state index is 12.6. The Labute approximate surface area is 130 Å². The van der Waals surface area contributed by atoms with Crippen LogP contribution in [0.25, 0.3) is 0 Å². The Morgan fingerprint density at radius 1 is 1.14 bits per heavy atom. The summed E-state index contributed by atoms with van der Waals surface area (Å²) in [6.07, 6.45) is 1.34. The minimum Gasteiger partial charge on any atom is -0.486 e. The molecule has 1 atom stereocenters. The van der Waals surface area contributed by atoms with E-state index in [1.165, 1.54) is 0 Å². The molecule has 2 rings (SSSR count). The molecule has 22 heavy (non-hydrogen) atoms. The molecule has 0 aromatic heterocycles. The van der Waals surface area contributed by atoms with Gasteiger partial charge in [-0.25, -0.2) is 4.39 Å². The maximum Gasteiger partial charge on any atom is 0.209 e. The van der Waals surface area contributed by atoms with Crippen LogP contribution in [0.2, 0.25) is 0 Å². The van der Waals surface area contributed by atoms with Gasteiger partial charge in [0.15, 0.2) is 0 Å². The number of hydrogen-bond donors (Lipinski definition) is 0. The number of alkyl halides is 1. The fourth-order valence-electron chi connectivity index (χ4n) is 2.16. The second kappa shape index (κ2) is 8.17. The van der Waals surface area contributed by atoms with Gasteiger partial charge in [-0.05, 0) is 23.3 Å².